The second kappa shape index (κ2) is 4.68. The number of benzene rings is 1. The van der Waals surface area contributed by atoms with Crippen LogP contribution in [0.25, 0.3) is 0 Å². The fourth-order valence-electron chi connectivity index (χ4n) is 2.08. The van der Waals surface area contributed by atoms with E-state index >= 15 is 0 Å². The molecule has 5 heteroatoms. The highest BCUT2D eigenvalue weighted by Crippen LogP contribution is 2.26. The summed E-state index contributed by atoms with van der Waals surface area (Å²) in [7, 11) is 1.54. The molecule has 96 valence electrons. The van der Waals surface area contributed by atoms with Gasteiger partial charge in [-0.15, -0.1) is 0 Å². The van der Waals surface area contributed by atoms with Gasteiger partial charge >= 0.3 is 0 Å². The summed E-state index contributed by atoms with van der Waals surface area (Å²) in [5, 5.41) is 0. The number of hydrogen-bond donors (Lipinski definition) is 1. The lowest BCUT2D eigenvalue weighted by Crippen LogP contribution is -2.29. The number of ether oxygens (including phenoxy) is 1. The molecular weight excluding hydrogens is 232 g/mol. The fraction of sp³-hybridized carbons (Fsp3) is 0.385. The molecule has 1 heterocycles. The SMILES string of the molecule is COc1cc(N)ccc1CN1C(=O)CC(C)C1=O. The van der Waals surface area contributed by atoms with Crippen molar-refractivity contribution in [2.45, 2.75) is 19.9 Å². The lowest BCUT2D eigenvalue weighted by Gasteiger charge is -2.16. The fourth-order valence-corrected chi connectivity index (χ4v) is 2.08. The Morgan fingerprint density at radius 1 is 1.44 bits per heavy atom. The average molecular weight is 248 g/mol. The summed E-state index contributed by atoms with van der Waals surface area (Å²) in [6, 6.07) is 5.19. The highest BCUT2D eigenvalue weighted by molar-refractivity contribution is 6.03. The Balaban J connectivity index is 2.24. The van der Waals surface area contributed by atoms with E-state index in [0.29, 0.717) is 11.4 Å². The van der Waals surface area contributed by atoms with Gasteiger partial charge in [0.25, 0.3) is 0 Å². The molecule has 2 N–H and O–H groups in total. The van der Waals surface area contributed by atoms with Crippen molar-refractivity contribution >= 4 is 17.5 Å². The number of nitrogens with two attached hydrogens (primary N) is 1. The predicted molar refractivity (Wildman–Crippen MR) is 66.7 cm³/mol. The number of carbonyl (C=O) groups is 2. The van der Waals surface area contributed by atoms with Gasteiger partial charge in [-0.25, -0.2) is 0 Å². The van der Waals surface area contributed by atoms with Crippen LogP contribution in [0.4, 0.5) is 5.69 Å². The van der Waals surface area contributed by atoms with Crippen molar-refractivity contribution in [1.82, 2.24) is 4.90 Å². The zero-order valence-electron chi connectivity index (χ0n) is 10.5. The van der Waals surface area contributed by atoms with E-state index in [-0.39, 0.29) is 30.7 Å². The van der Waals surface area contributed by atoms with Crippen LogP contribution in [0.1, 0.15) is 18.9 Å². The van der Waals surface area contributed by atoms with Gasteiger partial charge < -0.3 is 10.5 Å². The van der Waals surface area contributed by atoms with Gasteiger partial charge in [-0.2, -0.15) is 0 Å². The molecule has 5 nitrogen and oxygen atoms in total. The van der Waals surface area contributed by atoms with Crippen LogP contribution in [-0.2, 0) is 16.1 Å². The van der Waals surface area contributed by atoms with Crippen LogP contribution in [-0.4, -0.2) is 23.8 Å². The number of imide groups is 1. The quantitative estimate of drug-likeness (QED) is 0.643. The summed E-state index contributed by atoms with van der Waals surface area (Å²) in [6.45, 7) is 2.01. The van der Waals surface area contributed by atoms with Gasteiger partial charge in [0.1, 0.15) is 5.75 Å². The van der Waals surface area contributed by atoms with Crippen LogP contribution in [0.5, 0.6) is 5.75 Å². The maximum absolute atomic E-state index is 11.8. The molecule has 0 bridgehead atoms. The largest absolute Gasteiger partial charge is 0.496 e. The van der Waals surface area contributed by atoms with Crippen LogP contribution >= 0.6 is 0 Å². The van der Waals surface area contributed by atoms with Gasteiger partial charge in [0.05, 0.1) is 13.7 Å². The Morgan fingerprint density at radius 2 is 2.17 bits per heavy atom. The molecule has 0 aromatic heterocycles. The smallest absolute Gasteiger partial charge is 0.232 e. The van der Waals surface area contributed by atoms with Crippen molar-refractivity contribution in [2.24, 2.45) is 5.92 Å². The molecule has 1 aromatic rings. The Kier molecular flexibility index (Phi) is 3.23. The van der Waals surface area contributed by atoms with E-state index in [0.717, 1.165) is 5.56 Å². The number of carbonyl (C=O) groups excluding carboxylic acids is 2. The van der Waals surface area contributed by atoms with Gasteiger partial charge in [0.15, 0.2) is 0 Å². The minimum Gasteiger partial charge on any atom is -0.496 e. The van der Waals surface area contributed by atoms with Crippen molar-refractivity contribution in [2.75, 3.05) is 12.8 Å². The number of amides is 2. The highest BCUT2D eigenvalue weighted by Gasteiger charge is 2.35. The number of nitrogen functional groups attached to an aromatic ring is 1. The van der Waals surface area contributed by atoms with Gasteiger partial charge in [-0.05, 0) is 6.07 Å². The maximum Gasteiger partial charge on any atom is 0.232 e. The lowest BCUT2D eigenvalue weighted by atomic mass is 10.1. The third-order valence-electron chi connectivity index (χ3n) is 3.11. The minimum atomic E-state index is -0.225. The zero-order valence-corrected chi connectivity index (χ0v) is 10.5. The standard InChI is InChI=1S/C13H16N2O3/c1-8-5-12(16)15(13(8)17)7-9-3-4-10(14)6-11(9)18-2/h3-4,6,8H,5,7,14H2,1-2H3. The van der Waals surface area contributed by atoms with E-state index in [2.05, 4.69) is 0 Å². The molecule has 0 spiro atoms. The average Bonchev–Trinajstić information content (AvgIpc) is 2.58. The first-order chi connectivity index (χ1) is 8.52. The Bertz CT molecular complexity index is 499. The number of methoxy groups -OCH3 is 1. The van der Waals surface area contributed by atoms with Crippen molar-refractivity contribution in [3.05, 3.63) is 23.8 Å². The molecule has 1 aromatic carbocycles. The first-order valence-corrected chi connectivity index (χ1v) is 5.79. The van der Waals surface area contributed by atoms with Crippen molar-refractivity contribution in [3.63, 3.8) is 0 Å². The monoisotopic (exact) mass is 248 g/mol. The molecule has 1 unspecified atom stereocenters. The van der Waals surface area contributed by atoms with E-state index in [9.17, 15) is 9.59 Å². The molecule has 1 fully saturated rings. The van der Waals surface area contributed by atoms with Crippen LogP contribution in [0.15, 0.2) is 18.2 Å². The van der Waals surface area contributed by atoms with Crippen LogP contribution < -0.4 is 10.5 Å². The molecule has 1 aliphatic rings. The van der Waals surface area contributed by atoms with E-state index in [1.807, 2.05) is 0 Å². The number of anilines is 1. The maximum atomic E-state index is 11.8. The van der Waals surface area contributed by atoms with Crippen molar-refractivity contribution < 1.29 is 14.3 Å². The highest BCUT2D eigenvalue weighted by atomic mass is 16.5. The first-order valence-electron chi connectivity index (χ1n) is 5.79. The molecule has 2 rings (SSSR count). The molecule has 1 atom stereocenters. The van der Waals surface area contributed by atoms with Gasteiger partial charge in [0, 0.05) is 29.7 Å². The zero-order chi connectivity index (χ0) is 13.3. The summed E-state index contributed by atoms with van der Waals surface area (Å²) in [6.07, 6.45) is 0.288. The molecular formula is C13H16N2O3. The Hall–Kier alpha value is -2.04. The van der Waals surface area contributed by atoms with E-state index in [1.165, 1.54) is 12.0 Å². The third-order valence-corrected chi connectivity index (χ3v) is 3.11. The summed E-state index contributed by atoms with van der Waals surface area (Å²) in [5.41, 5.74) is 7.03. The number of rotatable bonds is 3. The van der Waals surface area contributed by atoms with Crippen LogP contribution in [0, 0.1) is 5.92 Å². The van der Waals surface area contributed by atoms with E-state index in [1.54, 1.807) is 25.1 Å². The second-order valence-electron chi connectivity index (χ2n) is 4.49. The summed E-state index contributed by atoms with van der Waals surface area (Å²) in [4.78, 5) is 24.8. The Morgan fingerprint density at radius 3 is 2.72 bits per heavy atom. The van der Waals surface area contributed by atoms with E-state index in [4.69, 9.17) is 10.5 Å². The lowest BCUT2D eigenvalue weighted by molar-refractivity contribution is -0.139. The number of hydrogen-bond acceptors (Lipinski definition) is 4. The number of likely N-dealkylation sites (tertiary alicyclic amines) is 1. The summed E-state index contributed by atoms with van der Waals surface area (Å²) in [5.74, 6) is 0.109. The minimum absolute atomic E-state index is 0.126. The Labute approximate surface area is 106 Å². The molecule has 0 aliphatic carbocycles. The van der Waals surface area contributed by atoms with Crippen molar-refractivity contribution in [3.8, 4) is 5.75 Å². The first kappa shape index (κ1) is 12.4. The molecule has 2 amide bonds. The van der Waals surface area contributed by atoms with Crippen molar-refractivity contribution in [1.29, 1.82) is 0 Å². The molecule has 0 saturated carbocycles. The van der Waals surface area contributed by atoms with Gasteiger partial charge in [-0.1, -0.05) is 13.0 Å². The molecule has 1 saturated heterocycles. The molecule has 0 radical (unpaired) electrons. The topological polar surface area (TPSA) is 72.6 Å². The third kappa shape index (κ3) is 2.16. The van der Waals surface area contributed by atoms with Gasteiger partial charge in [0.2, 0.25) is 11.8 Å². The van der Waals surface area contributed by atoms with Crippen LogP contribution in [0.3, 0.4) is 0 Å². The van der Waals surface area contributed by atoms with Gasteiger partial charge in [-0.3, -0.25) is 14.5 Å². The summed E-state index contributed by atoms with van der Waals surface area (Å²) >= 11 is 0. The summed E-state index contributed by atoms with van der Waals surface area (Å²) < 4.78 is 5.20. The van der Waals surface area contributed by atoms with Crippen LogP contribution in [0.2, 0.25) is 0 Å². The normalized spacial score (nSPS) is 19.4. The molecule has 18 heavy (non-hydrogen) atoms. The predicted octanol–water partition coefficient (Wildman–Crippen LogP) is 1.17. The number of nitrogens with zero attached hydrogens (tertiary/aromatic N) is 1. The molecule has 1 aliphatic heterocycles. The van der Waals surface area contributed by atoms with E-state index < -0.39 is 0 Å². The second-order valence-corrected chi connectivity index (χ2v) is 4.49.